The van der Waals surface area contributed by atoms with Gasteiger partial charge in [0, 0.05) is 0 Å². The van der Waals surface area contributed by atoms with Gasteiger partial charge in [-0.15, -0.1) is 0 Å². The maximum absolute atomic E-state index is 10.6. The van der Waals surface area contributed by atoms with Crippen LogP contribution >= 0.6 is 0 Å². The molecule has 0 amide bonds. The zero-order valence-corrected chi connectivity index (χ0v) is 15.9. The van der Waals surface area contributed by atoms with E-state index in [0.717, 1.165) is 31.3 Å². The standard InChI is InChI=1S/C25H28O2/c1-15-22(27)14-25(2)11-10-20-19-9-8-18(26)12-17(19)13-21(23(20)24(15)25)16-6-4-3-5-7-16/h3-9,12,20-24,26-27H,1,10-11,13-14H2,2H3/t20-,21+,22+,23+,24?,25-/m1/s1. The number of benzene rings is 2. The Bertz CT molecular complexity index is 886. The van der Waals surface area contributed by atoms with E-state index >= 15 is 0 Å². The van der Waals surface area contributed by atoms with Crippen LogP contribution in [0.5, 0.6) is 5.75 Å². The molecule has 2 saturated carbocycles. The van der Waals surface area contributed by atoms with Crippen molar-refractivity contribution >= 4 is 0 Å². The normalized spacial score (nSPS) is 37.4. The molecule has 140 valence electrons. The largest absolute Gasteiger partial charge is 0.508 e. The maximum Gasteiger partial charge on any atom is 0.115 e. The molecular formula is C25H28O2. The fourth-order valence-electron chi connectivity index (χ4n) is 6.65. The van der Waals surface area contributed by atoms with Gasteiger partial charge >= 0.3 is 0 Å². The molecule has 0 radical (unpaired) electrons. The molecule has 2 aromatic rings. The molecule has 2 N–H and O–H groups in total. The Kier molecular flexibility index (Phi) is 3.77. The van der Waals surface area contributed by atoms with Crippen molar-refractivity contribution in [1.29, 1.82) is 0 Å². The molecule has 2 nitrogen and oxygen atoms in total. The predicted octanol–water partition coefficient (Wildman–Crippen LogP) is 5.17. The van der Waals surface area contributed by atoms with E-state index in [4.69, 9.17) is 0 Å². The van der Waals surface area contributed by atoms with Crippen LogP contribution < -0.4 is 0 Å². The summed E-state index contributed by atoms with van der Waals surface area (Å²) in [4.78, 5) is 0. The van der Waals surface area contributed by atoms with Crippen LogP contribution in [0.3, 0.4) is 0 Å². The second kappa shape index (κ2) is 5.97. The fourth-order valence-corrected chi connectivity index (χ4v) is 6.65. The van der Waals surface area contributed by atoms with Crippen molar-refractivity contribution in [2.75, 3.05) is 0 Å². The Balaban J connectivity index is 1.68. The van der Waals surface area contributed by atoms with E-state index in [1.807, 2.05) is 12.1 Å². The van der Waals surface area contributed by atoms with Crippen molar-refractivity contribution < 1.29 is 10.2 Å². The monoisotopic (exact) mass is 360 g/mol. The van der Waals surface area contributed by atoms with Gasteiger partial charge in [0.2, 0.25) is 0 Å². The van der Waals surface area contributed by atoms with Gasteiger partial charge in [0.15, 0.2) is 0 Å². The van der Waals surface area contributed by atoms with Crippen LogP contribution in [-0.4, -0.2) is 16.3 Å². The van der Waals surface area contributed by atoms with Crippen molar-refractivity contribution in [2.24, 2.45) is 17.3 Å². The van der Waals surface area contributed by atoms with Crippen LogP contribution in [0.2, 0.25) is 0 Å². The number of phenolic OH excluding ortho intramolecular Hbond substituents is 1. The molecule has 0 bridgehead atoms. The van der Waals surface area contributed by atoms with Gasteiger partial charge in [0.05, 0.1) is 6.10 Å². The highest BCUT2D eigenvalue weighted by atomic mass is 16.3. The molecule has 6 atom stereocenters. The summed E-state index contributed by atoms with van der Waals surface area (Å²) in [7, 11) is 0. The van der Waals surface area contributed by atoms with Crippen molar-refractivity contribution in [2.45, 2.75) is 50.5 Å². The quantitative estimate of drug-likeness (QED) is 0.689. The molecule has 0 aromatic heterocycles. The van der Waals surface area contributed by atoms with Gasteiger partial charge in [-0.05, 0) is 89.2 Å². The molecule has 0 heterocycles. The van der Waals surface area contributed by atoms with E-state index in [1.165, 1.54) is 16.7 Å². The fraction of sp³-hybridized carbons (Fsp3) is 0.440. The Hall–Kier alpha value is -2.06. The van der Waals surface area contributed by atoms with Gasteiger partial charge in [-0.25, -0.2) is 0 Å². The summed E-state index contributed by atoms with van der Waals surface area (Å²) in [5.41, 5.74) is 5.27. The van der Waals surface area contributed by atoms with Crippen LogP contribution in [0.15, 0.2) is 60.7 Å². The third-order valence-electron chi connectivity index (χ3n) is 7.77. The van der Waals surface area contributed by atoms with Gasteiger partial charge in [-0.2, -0.15) is 0 Å². The molecule has 5 rings (SSSR count). The smallest absolute Gasteiger partial charge is 0.115 e. The number of aromatic hydroxyl groups is 1. The summed E-state index contributed by atoms with van der Waals surface area (Å²) in [6, 6.07) is 16.8. The zero-order chi connectivity index (χ0) is 18.8. The lowest BCUT2D eigenvalue weighted by atomic mass is 9.51. The first-order valence-corrected chi connectivity index (χ1v) is 10.2. The number of aliphatic hydroxyl groups excluding tert-OH is 1. The van der Waals surface area contributed by atoms with Crippen LogP contribution in [0.1, 0.15) is 54.7 Å². The number of fused-ring (bicyclic) bond motifs is 5. The minimum absolute atomic E-state index is 0.152. The molecule has 2 aromatic carbocycles. The lowest BCUT2D eigenvalue weighted by Crippen LogP contribution is -2.43. The summed E-state index contributed by atoms with van der Waals surface area (Å²) < 4.78 is 0. The minimum atomic E-state index is -0.364. The molecule has 0 aliphatic heterocycles. The van der Waals surface area contributed by atoms with Crippen molar-refractivity contribution in [3.8, 4) is 5.75 Å². The summed E-state index contributed by atoms with van der Waals surface area (Å²) in [6.07, 6.45) is 3.72. The van der Waals surface area contributed by atoms with Gasteiger partial charge in [0.1, 0.15) is 5.75 Å². The Morgan fingerprint density at radius 3 is 2.63 bits per heavy atom. The predicted molar refractivity (Wildman–Crippen MR) is 108 cm³/mol. The third-order valence-corrected chi connectivity index (χ3v) is 7.77. The SMILES string of the molecule is C=C1C2[C@H]3[C@H](CC[C@]2(C)C[C@@H]1O)c1ccc(O)cc1C[C@H]3c1ccccc1. The molecule has 1 unspecified atom stereocenters. The third kappa shape index (κ3) is 2.50. The first-order chi connectivity index (χ1) is 13.0. The highest BCUT2D eigenvalue weighted by molar-refractivity contribution is 5.44. The second-order valence-corrected chi connectivity index (χ2v) is 9.25. The van der Waals surface area contributed by atoms with Gasteiger partial charge in [-0.1, -0.05) is 49.9 Å². The summed E-state index contributed by atoms with van der Waals surface area (Å²) in [6.45, 7) is 6.73. The first-order valence-electron chi connectivity index (χ1n) is 10.2. The number of hydrogen-bond acceptors (Lipinski definition) is 2. The number of phenols is 1. The topological polar surface area (TPSA) is 40.5 Å². The average Bonchev–Trinajstić information content (AvgIpc) is 2.90. The van der Waals surface area contributed by atoms with Gasteiger partial charge in [-0.3, -0.25) is 0 Å². The van der Waals surface area contributed by atoms with Crippen LogP contribution in [0.25, 0.3) is 0 Å². The van der Waals surface area contributed by atoms with E-state index in [-0.39, 0.29) is 11.5 Å². The number of aliphatic hydroxyl groups is 1. The zero-order valence-electron chi connectivity index (χ0n) is 15.9. The van der Waals surface area contributed by atoms with Crippen molar-refractivity contribution in [3.63, 3.8) is 0 Å². The van der Waals surface area contributed by atoms with Crippen LogP contribution in [-0.2, 0) is 6.42 Å². The summed E-state index contributed by atoms with van der Waals surface area (Å²) in [5, 5.41) is 20.7. The molecule has 2 fully saturated rings. The molecular weight excluding hydrogens is 332 g/mol. The van der Waals surface area contributed by atoms with E-state index in [0.29, 0.717) is 29.4 Å². The number of rotatable bonds is 1. The van der Waals surface area contributed by atoms with E-state index in [1.54, 1.807) is 0 Å². The van der Waals surface area contributed by atoms with Crippen LogP contribution in [0.4, 0.5) is 0 Å². The van der Waals surface area contributed by atoms with E-state index in [2.05, 4.69) is 49.9 Å². The van der Waals surface area contributed by atoms with E-state index in [9.17, 15) is 10.2 Å². The average molecular weight is 360 g/mol. The number of hydrogen-bond donors (Lipinski definition) is 2. The highest BCUT2D eigenvalue weighted by Crippen LogP contribution is 2.65. The Morgan fingerprint density at radius 2 is 1.85 bits per heavy atom. The Morgan fingerprint density at radius 1 is 1.07 bits per heavy atom. The van der Waals surface area contributed by atoms with Crippen molar-refractivity contribution in [3.05, 3.63) is 77.4 Å². The molecule has 2 heteroatoms. The van der Waals surface area contributed by atoms with Gasteiger partial charge < -0.3 is 10.2 Å². The molecule has 0 spiro atoms. The maximum atomic E-state index is 10.6. The summed E-state index contributed by atoms with van der Waals surface area (Å²) in [5.74, 6) is 2.06. The minimum Gasteiger partial charge on any atom is -0.508 e. The van der Waals surface area contributed by atoms with Crippen molar-refractivity contribution in [1.82, 2.24) is 0 Å². The van der Waals surface area contributed by atoms with Crippen LogP contribution in [0, 0.1) is 17.3 Å². The first kappa shape index (κ1) is 17.1. The Labute approximate surface area is 161 Å². The van der Waals surface area contributed by atoms with Gasteiger partial charge in [0.25, 0.3) is 0 Å². The van der Waals surface area contributed by atoms with E-state index < -0.39 is 0 Å². The molecule has 3 aliphatic carbocycles. The second-order valence-electron chi connectivity index (χ2n) is 9.25. The highest BCUT2D eigenvalue weighted by Gasteiger charge is 2.57. The molecule has 3 aliphatic rings. The molecule has 0 saturated heterocycles. The lowest BCUT2D eigenvalue weighted by molar-refractivity contribution is 0.0600. The summed E-state index contributed by atoms with van der Waals surface area (Å²) >= 11 is 0. The molecule has 27 heavy (non-hydrogen) atoms. The lowest BCUT2D eigenvalue weighted by Gasteiger charge is -2.52.